The van der Waals surface area contributed by atoms with Gasteiger partial charge in [-0.15, -0.1) is 11.3 Å². The van der Waals surface area contributed by atoms with Crippen LogP contribution in [0.5, 0.6) is 0 Å². The van der Waals surface area contributed by atoms with E-state index in [1.165, 1.54) is 28.2 Å². The molecule has 1 atom stereocenters. The zero-order valence-corrected chi connectivity index (χ0v) is 15.0. The topological polar surface area (TPSA) is 112 Å². The number of rotatable bonds is 5. The standard InChI is InChI=1S/C17H19N5O3S/c1-9(25-3)7-22-17(24)14-11(8-26-13(14)6-20-22)12-5-4-10(15(18)21-12)16(23)19-2/h4-6,8-9H,7H2,1-3H3,(H2,18,21)(H,19,23)/i2D3. The van der Waals surface area contributed by atoms with Crippen LogP contribution >= 0.6 is 11.3 Å². The lowest BCUT2D eigenvalue weighted by atomic mass is 10.1. The predicted molar refractivity (Wildman–Crippen MR) is 101 cm³/mol. The number of carbonyl (C=O) groups is 1. The maximum Gasteiger partial charge on any atom is 0.276 e. The van der Waals surface area contributed by atoms with Gasteiger partial charge in [0, 0.05) is 29.1 Å². The second-order valence-electron chi connectivity index (χ2n) is 5.65. The average Bonchev–Trinajstić information content (AvgIpc) is 3.07. The van der Waals surface area contributed by atoms with Gasteiger partial charge < -0.3 is 15.8 Å². The quantitative estimate of drug-likeness (QED) is 0.698. The molecule has 3 heterocycles. The first-order valence-electron chi connectivity index (χ1n) is 9.20. The summed E-state index contributed by atoms with van der Waals surface area (Å²) in [7, 11) is 1.56. The second-order valence-corrected chi connectivity index (χ2v) is 6.56. The molecule has 26 heavy (non-hydrogen) atoms. The normalized spacial score (nSPS) is 14.5. The van der Waals surface area contributed by atoms with E-state index in [1.807, 2.05) is 12.2 Å². The van der Waals surface area contributed by atoms with Crippen LogP contribution in [-0.2, 0) is 11.3 Å². The smallest absolute Gasteiger partial charge is 0.276 e. The fourth-order valence-electron chi connectivity index (χ4n) is 2.51. The van der Waals surface area contributed by atoms with Crippen LogP contribution in [0.4, 0.5) is 5.82 Å². The van der Waals surface area contributed by atoms with E-state index >= 15 is 0 Å². The van der Waals surface area contributed by atoms with Crippen molar-refractivity contribution in [2.75, 3.05) is 19.8 Å². The third-order valence-electron chi connectivity index (χ3n) is 3.97. The van der Waals surface area contributed by atoms with Crippen molar-refractivity contribution in [2.24, 2.45) is 0 Å². The van der Waals surface area contributed by atoms with Crippen LogP contribution in [0.3, 0.4) is 0 Å². The van der Waals surface area contributed by atoms with Crippen LogP contribution in [-0.4, -0.2) is 40.9 Å². The van der Waals surface area contributed by atoms with Crippen LogP contribution in [0.1, 0.15) is 21.4 Å². The van der Waals surface area contributed by atoms with Crippen LogP contribution < -0.4 is 16.6 Å². The number of nitrogens with one attached hydrogen (secondary N) is 1. The van der Waals surface area contributed by atoms with E-state index in [4.69, 9.17) is 14.6 Å². The number of nitrogens with zero attached hydrogens (tertiary/aromatic N) is 3. The molecule has 136 valence electrons. The molecule has 0 bridgehead atoms. The molecule has 0 aromatic carbocycles. The Kier molecular flexibility index (Phi) is 4.00. The number of ether oxygens (including phenoxy) is 1. The number of thiophene rings is 1. The minimum absolute atomic E-state index is 0.0580. The van der Waals surface area contributed by atoms with Gasteiger partial charge in [0.2, 0.25) is 0 Å². The average molecular weight is 376 g/mol. The summed E-state index contributed by atoms with van der Waals surface area (Å²) in [6, 6.07) is 2.91. The lowest BCUT2D eigenvalue weighted by molar-refractivity contribution is 0.0963. The molecule has 3 aromatic rings. The highest BCUT2D eigenvalue weighted by atomic mass is 32.1. The van der Waals surface area contributed by atoms with Crippen molar-refractivity contribution < 1.29 is 13.6 Å². The Bertz CT molecular complexity index is 1130. The minimum Gasteiger partial charge on any atom is -0.383 e. The van der Waals surface area contributed by atoms with Gasteiger partial charge in [-0.25, -0.2) is 9.67 Å². The van der Waals surface area contributed by atoms with Gasteiger partial charge in [-0.2, -0.15) is 5.10 Å². The first-order valence-corrected chi connectivity index (χ1v) is 8.58. The molecule has 0 fully saturated rings. The zero-order valence-electron chi connectivity index (χ0n) is 17.1. The van der Waals surface area contributed by atoms with Crippen molar-refractivity contribution in [2.45, 2.75) is 19.6 Å². The van der Waals surface area contributed by atoms with Crippen molar-refractivity contribution in [1.29, 1.82) is 0 Å². The summed E-state index contributed by atoms with van der Waals surface area (Å²) < 4.78 is 28.6. The molecule has 1 unspecified atom stereocenters. The molecular weight excluding hydrogens is 354 g/mol. The van der Waals surface area contributed by atoms with E-state index in [1.54, 1.807) is 18.7 Å². The molecule has 0 aliphatic carbocycles. The summed E-state index contributed by atoms with van der Waals surface area (Å²) in [5, 5.41) is 8.25. The molecule has 3 rings (SSSR count). The highest BCUT2D eigenvalue weighted by Gasteiger charge is 2.17. The molecule has 3 aromatic heterocycles. The summed E-state index contributed by atoms with van der Waals surface area (Å²) in [6.07, 6.45) is 1.42. The molecule has 0 radical (unpaired) electrons. The summed E-state index contributed by atoms with van der Waals surface area (Å²) in [4.78, 5) is 29.2. The highest BCUT2D eigenvalue weighted by Crippen LogP contribution is 2.31. The number of anilines is 1. The number of nitrogens with two attached hydrogens (primary N) is 1. The van der Waals surface area contributed by atoms with Gasteiger partial charge in [0.15, 0.2) is 0 Å². The van der Waals surface area contributed by atoms with E-state index in [2.05, 4.69) is 10.1 Å². The number of hydrogen-bond acceptors (Lipinski definition) is 7. The lowest BCUT2D eigenvalue weighted by Crippen LogP contribution is -2.28. The van der Waals surface area contributed by atoms with E-state index < -0.39 is 12.9 Å². The maximum atomic E-state index is 12.9. The number of hydrogen-bond donors (Lipinski definition) is 2. The fourth-order valence-corrected chi connectivity index (χ4v) is 3.42. The van der Waals surface area contributed by atoms with Crippen LogP contribution in [0.2, 0.25) is 0 Å². The first kappa shape index (κ1) is 14.4. The molecule has 1 amide bonds. The Morgan fingerprint density at radius 2 is 2.35 bits per heavy atom. The predicted octanol–water partition coefficient (Wildman–Crippen LogP) is 1.50. The van der Waals surface area contributed by atoms with Gasteiger partial charge in [0.05, 0.1) is 40.2 Å². The Balaban J connectivity index is 2.03. The molecule has 9 heteroatoms. The summed E-state index contributed by atoms with van der Waals surface area (Å²) in [5.41, 5.74) is 6.49. The number of carbonyl (C=O) groups excluding carboxylic acids is 1. The second kappa shape index (κ2) is 7.22. The Morgan fingerprint density at radius 1 is 1.54 bits per heavy atom. The van der Waals surface area contributed by atoms with Crippen molar-refractivity contribution in [3.63, 3.8) is 0 Å². The molecule has 0 aliphatic heterocycles. The summed E-state index contributed by atoms with van der Waals surface area (Å²) in [6.45, 7) is -0.508. The first-order chi connectivity index (χ1) is 13.6. The molecule has 8 nitrogen and oxygen atoms in total. The van der Waals surface area contributed by atoms with Crippen LogP contribution in [0.15, 0.2) is 28.5 Å². The van der Waals surface area contributed by atoms with Gasteiger partial charge in [-0.3, -0.25) is 9.59 Å². The zero-order chi connectivity index (χ0) is 21.3. The largest absolute Gasteiger partial charge is 0.383 e. The van der Waals surface area contributed by atoms with E-state index in [-0.39, 0.29) is 23.0 Å². The Hall–Kier alpha value is -2.78. The van der Waals surface area contributed by atoms with Gasteiger partial charge in [-0.05, 0) is 19.1 Å². The van der Waals surface area contributed by atoms with Crippen LogP contribution in [0.25, 0.3) is 21.3 Å². The van der Waals surface area contributed by atoms with E-state index in [0.717, 1.165) is 0 Å². The minimum atomic E-state index is -2.64. The number of amides is 1. The van der Waals surface area contributed by atoms with Gasteiger partial charge >= 0.3 is 0 Å². The van der Waals surface area contributed by atoms with E-state index in [9.17, 15) is 9.59 Å². The maximum absolute atomic E-state index is 12.9. The SMILES string of the molecule is [2H]C([2H])([2H])NC(=O)c1ccc(-c2csc3cnn(CC(C)OC)c(=O)c23)nc1N. The summed E-state index contributed by atoms with van der Waals surface area (Å²) in [5.74, 6) is -0.983. The lowest BCUT2D eigenvalue weighted by Gasteiger charge is -2.11. The molecular formula is C17H19N5O3S. The van der Waals surface area contributed by atoms with Gasteiger partial charge in [0.1, 0.15) is 5.82 Å². The number of methoxy groups -OCH3 is 1. The Morgan fingerprint density at radius 3 is 3.04 bits per heavy atom. The highest BCUT2D eigenvalue weighted by molar-refractivity contribution is 7.17. The number of pyridine rings is 1. The van der Waals surface area contributed by atoms with Gasteiger partial charge in [-0.1, -0.05) is 0 Å². The number of nitrogen functional groups attached to an aromatic ring is 1. The van der Waals surface area contributed by atoms with Crippen molar-refractivity contribution >= 4 is 33.1 Å². The molecule has 3 N–H and O–H groups in total. The van der Waals surface area contributed by atoms with Crippen molar-refractivity contribution in [3.8, 4) is 11.3 Å². The third-order valence-corrected chi connectivity index (χ3v) is 4.89. The van der Waals surface area contributed by atoms with E-state index in [0.29, 0.717) is 27.9 Å². The molecule has 0 spiro atoms. The van der Waals surface area contributed by atoms with Crippen molar-refractivity contribution in [1.82, 2.24) is 20.1 Å². The number of fused-ring (bicyclic) bond motifs is 1. The molecule has 0 saturated heterocycles. The summed E-state index contributed by atoms with van der Waals surface area (Å²) >= 11 is 1.34. The van der Waals surface area contributed by atoms with Gasteiger partial charge in [0.25, 0.3) is 11.5 Å². The fraction of sp³-hybridized carbons (Fsp3) is 0.294. The number of aromatic nitrogens is 3. The third kappa shape index (κ3) is 3.18. The Labute approximate surface area is 157 Å². The monoisotopic (exact) mass is 376 g/mol. The van der Waals surface area contributed by atoms with Crippen LogP contribution in [0, 0.1) is 0 Å². The molecule has 0 saturated carbocycles. The van der Waals surface area contributed by atoms with Crippen molar-refractivity contribution in [3.05, 3.63) is 39.6 Å². The molecule has 0 aliphatic rings.